The second-order valence-corrected chi connectivity index (χ2v) is 7.91. The third-order valence-corrected chi connectivity index (χ3v) is 5.41. The number of rotatable bonds is 5. The Balaban J connectivity index is 1.57. The van der Waals surface area contributed by atoms with Crippen molar-refractivity contribution < 1.29 is 13.9 Å². The van der Waals surface area contributed by atoms with Crippen LogP contribution in [0.2, 0.25) is 0 Å². The molecule has 2 aromatic carbocycles. The van der Waals surface area contributed by atoms with Crippen LogP contribution in [0.1, 0.15) is 32.9 Å². The summed E-state index contributed by atoms with van der Waals surface area (Å²) >= 11 is 3.36. The molecule has 0 saturated carbocycles. The predicted octanol–water partition coefficient (Wildman–Crippen LogP) is 4.77. The van der Waals surface area contributed by atoms with Crippen LogP contribution < -0.4 is 5.63 Å². The molecular weight excluding hydrogens is 448 g/mol. The molecule has 0 amide bonds. The lowest BCUT2D eigenvalue weighted by atomic mass is 10.1. The van der Waals surface area contributed by atoms with Gasteiger partial charge in [0, 0.05) is 21.5 Å². The van der Waals surface area contributed by atoms with Crippen LogP contribution >= 0.6 is 15.9 Å². The lowest BCUT2D eigenvalue weighted by Crippen LogP contribution is -2.10. The number of aryl methyl sites for hydroxylation is 1. The Morgan fingerprint density at radius 1 is 1.13 bits per heavy atom. The van der Waals surface area contributed by atoms with Gasteiger partial charge in [-0.2, -0.15) is 5.10 Å². The van der Waals surface area contributed by atoms with Gasteiger partial charge in [-0.3, -0.25) is 4.68 Å². The first-order valence-electron chi connectivity index (χ1n) is 9.39. The average molecular weight is 467 g/mol. The number of hydrogen-bond acceptors (Lipinski definition) is 5. The topological polar surface area (TPSA) is 74.3 Å². The van der Waals surface area contributed by atoms with Crippen LogP contribution in [0, 0.1) is 13.8 Å². The van der Waals surface area contributed by atoms with Crippen LogP contribution in [0.4, 0.5) is 0 Å². The van der Waals surface area contributed by atoms with Crippen molar-refractivity contribution in [2.75, 3.05) is 0 Å². The third-order valence-electron chi connectivity index (χ3n) is 4.91. The lowest BCUT2D eigenvalue weighted by Gasteiger charge is -2.08. The summed E-state index contributed by atoms with van der Waals surface area (Å²) in [5.74, 6) is -0.470. The van der Waals surface area contributed by atoms with Crippen LogP contribution in [-0.4, -0.2) is 15.7 Å². The first-order valence-corrected chi connectivity index (χ1v) is 10.2. The fraction of sp³-hybridized carbons (Fsp3) is 0.174. The van der Waals surface area contributed by atoms with E-state index in [1.807, 2.05) is 49.4 Å². The number of hydrogen-bond donors (Lipinski definition) is 0. The van der Waals surface area contributed by atoms with Crippen LogP contribution in [0.15, 0.2) is 68.3 Å². The van der Waals surface area contributed by atoms with Gasteiger partial charge in [0.1, 0.15) is 17.8 Å². The van der Waals surface area contributed by atoms with Crippen molar-refractivity contribution in [1.29, 1.82) is 0 Å². The lowest BCUT2D eigenvalue weighted by molar-refractivity contribution is 0.0472. The van der Waals surface area contributed by atoms with E-state index in [9.17, 15) is 9.59 Å². The third kappa shape index (κ3) is 4.07. The van der Waals surface area contributed by atoms with E-state index < -0.39 is 11.6 Å². The van der Waals surface area contributed by atoms with E-state index in [-0.39, 0.29) is 6.61 Å². The van der Waals surface area contributed by atoms with Gasteiger partial charge in [0.05, 0.1) is 17.9 Å². The number of ether oxygens (including phenoxy) is 1. The largest absolute Gasteiger partial charge is 0.457 e. The summed E-state index contributed by atoms with van der Waals surface area (Å²) in [5.41, 5.74) is 3.42. The summed E-state index contributed by atoms with van der Waals surface area (Å²) < 4.78 is 13.4. The fourth-order valence-corrected chi connectivity index (χ4v) is 3.78. The number of esters is 1. The number of benzene rings is 2. The number of aromatic nitrogens is 2. The standard InChI is InChI=1S/C23H19BrN2O4/c1-14-22(15(2)26(25-14)12-16-6-4-3-5-7-16)23(28)29-13-17-10-21(27)30-20-11-18(24)8-9-19(17)20/h3-11H,12-13H2,1-2H3. The molecule has 0 aliphatic heterocycles. The van der Waals surface area contributed by atoms with Gasteiger partial charge in [-0.1, -0.05) is 46.3 Å². The van der Waals surface area contributed by atoms with Crippen LogP contribution in [-0.2, 0) is 17.9 Å². The number of halogens is 1. The highest BCUT2D eigenvalue weighted by molar-refractivity contribution is 9.10. The minimum atomic E-state index is -0.491. The second-order valence-electron chi connectivity index (χ2n) is 7.00. The maximum absolute atomic E-state index is 12.8. The zero-order valence-corrected chi connectivity index (χ0v) is 18.1. The van der Waals surface area contributed by atoms with Crippen LogP contribution in [0.3, 0.4) is 0 Å². The Morgan fingerprint density at radius 2 is 1.90 bits per heavy atom. The Labute approximate surface area is 181 Å². The number of nitrogens with zero attached hydrogens (tertiary/aromatic N) is 2. The van der Waals surface area contributed by atoms with E-state index in [2.05, 4.69) is 21.0 Å². The van der Waals surface area contributed by atoms with Crippen molar-refractivity contribution in [3.63, 3.8) is 0 Å². The van der Waals surface area contributed by atoms with E-state index in [0.717, 1.165) is 21.1 Å². The Kier molecular flexibility index (Phi) is 5.55. The van der Waals surface area contributed by atoms with Crippen molar-refractivity contribution in [1.82, 2.24) is 9.78 Å². The molecule has 152 valence electrons. The molecule has 6 nitrogen and oxygen atoms in total. The quantitative estimate of drug-likeness (QED) is 0.312. The van der Waals surface area contributed by atoms with Gasteiger partial charge in [0.15, 0.2) is 0 Å². The smallest absolute Gasteiger partial charge is 0.342 e. The maximum Gasteiger partial charge on any atom is 0.342 e. The number of fused-ring (bicyclic) bond motifs is 1. The molecule has 2 heterocycles. The SMILES string of the molecule is Cc1nn(Cc2ccccc2)c(C)c1C(=O)OCc1cc(=O)oc2cc(Br)ccc12. The Morgan fingerprint density at radius 3 is 2.67 bits per heavy atom. The van der Waals surface area contributed by atoms with E-state index in [1.54, 1.807) is 17.7 Å². The number of carbonyl (C=O) groups is 1. The van der Waals surface area contributed by atoms with Crippen molar-refractivity contribution >= 4 is 32.9 Å². The van der Waals surface area contributed by atoms with Crippen molar-refractivity contribution in [2.45, 2.75) is 27.0 Å². The van der Waals surface area contributed by atoms with Gasteiger partial charge < -0.3 is 9.15 Å². The first kappa shape index (κ1) is 20.1. The van der Waals surface area contributed by atoms with Crippen molar-refractivity contribution in [3.05, 3.63) is 97.6 Å². The molecule has 4 rings (SSSR count). The Hall–Kier alpha value is -3.19. The van der Waals surface area contributed by atoms with Gasteiger partial charge in [0.2, 0.25) is 0 Å². The van der Waals surface area contributed by atoms with E-state index in [0.29, 0.717) is 28.9 Å². The van der Waals surface area contributed by atoms with Gasteiger partial charge in [0.25, 0.3) is 0 Å². The van der Waals surface area contributed by atoms with E-state index in [4.69, 9.17) is 9.15 Å². The molecule has 0 atom stereocenters. The van der Waals surface area contributed by atoms with Crippen molar-refractivity contribution in [3.8, 4) is 0 Å². The molecule has 30 heavy (non-hydrogen) atoms. The van der Waals surface area contributed by atoms with Crippen molar-refractivity contribution in [2.24, 2.45) is 0 Å². The molecule has 0 saturated heterocycles. The van der Waals surface area contributed by atoms with Gasteiger partial charge >= 0.3 is 11.6 Å². The molecule has 0 fully saturated rings. The van der Waals surface area contributed by atoms with Gasteiger partial charge in [-0.15, -0.1) is 0 Å². The van der Waals surface area contributed by atoms with Gasteiger partial charge in [-0.05, 0) is 37.6 Å². The molecule has 0 spiro atoms. The average Bonchev–Trinajstić information content (AvgIpc) is 2.99. The summed E-state index contributed by atoms with van der Waals surface area (Å²) in [6.07, 6.45) is 0. The summed E-state index contributed by atoms with van der Waals surface area (Å²) in [6, 6.07) is 16.6. The highest BCUT2D eigenvalue weighted by atomic mass is 79.9. The fourth-order valence-electron chi connectivity index (χ4n) is 3.44. The first-order chi connectivity index (χ1) is 14.4. The van der Waals surface area contributed by atoms with E-state index >= 15 is 0 Å². The highest BCUT2D eigenvalue weighted by Crippen LogP contribution is 2.23. The molecule has 0 radical (unpaired) electrons. The molecular formula is C23H19BrN2O4. The molecule has 0 unspecified atom stereocenters. The Bertz CT molecular complexity index is 1290. The predicted molar refractivity (Wildman–Crippen MR) is 117 cm³/mol. The number of carbonyl (C=O) groups excluding carboxylic acids is 1. The summed E-state index contributed by atoms with van der Waals surface area (Å²) in [5, 5.41) is 5.22. The zero-order valence-electron chi connectivity index (χ0n) is 16.5. The molecule has 0 bridgehead atoms. The molecule has 4 aromatic rings. The summed E-state index contributed by atoms with van der Waals surface area (Å²) in [7, 11) is 0. The molecule has 2 aromatic heterocycles. The summed E-state index contributed by atoms with van der Waals surface area (Å²) in [6.45, 7) is 4.17. The highest BCUT2D eigenvalue weighted by Gasteiger charge is 2.21. The zero-order chi connectivity index (χ0) is 21.3. The molecule has 0 aliphatic carbocycles. The second kappa shape index (κ2) is 8.28. The molecule has 0 N–H and O–H groups in total. The normalized spacial score (nSPS) is 11.0. The summed E-state index contributed by atoms with van der Waals surface area (Å²) in [4.78, 5) is 24.7. The minimum absolute atomic E-state index is 0.0364. The molecule has 0 aliphatic rings. The minimum Gasteiger partial charge on any atom is -0.457 e. The maximum atomic E-state index is 12.8. The van der Waals surface area contributed by atoms with Gasteiger partial charge in [-0.25, -0.2) is 9.59 Å². The van der Waals surface area contributed by atoms with Crippen LogP contribution in [0.5, 0.6) is 0 Å². The monoisotopic (exact) mass is 466 g/mol. The molecule has 7 heteroatoms. The van der Waals surface area contributed by atoms with Crippen LogP contribution in [0.25, 0.3) is 11.0 Å². The van der Waals surface area contributed by atoms with E-state index in [1.165, 1.54) is 6.07 Å².